The van der Waals surface area contributed by atoms with Crippen LogP contribution in [0.5, 0.6) is 0 Å². The van der Waals surface area contributed by atoms with E-state index in [4.69, 9.17) is 4.74 Å². The standard InChI is InChI=1S/C21H29N5O5/c1-13-19(28)23-10-15-9-22-11-17(31-15)20(29)25-16(8-14-6-4-3-5-7-14)21(30)26(2)12-18(27)24-13/h3-7,13,15-17,22H,8-12H2,1-2H3,(H,23,28)(H,24,27)(H,25,29)/t13-,15-,16-,17-/m1/s1. The summed E-state index contributed by atoms with van der Waals surface area (Å²) in [7, 11) is 1.49. The van der Waals surface area contributed by atoms with Crippen molar-refractivity contribution in [2.24, 2.45) is 0 Å². The lowest BCUT2D eigenvalue weighted by Crippen LogP contribution is -2.57. The minimum atomic E-state index is -0.862. The monoisotopic (exact) mass is 431 g/mol. The Morgan fingerprint density at radius 3 is 2.48 bits per heavy atom. The van der Waals surface area contributed by atoms with E-state index < -0.39 is 42.0 Å². The van der Waals surface area contributed by atoms with Crippen molar-refractivity contribution in [2.75, 3.05) is 33.2 Å². The fraction of sp³-hybridized carbons (Fsp3) is 0.524. The minimum absolute atomic E-state index is 0.197. The molecule has 2 bridgehead atoms. The summed E-state index contributed by atoms with van der Waals surface area (Å²) in [4.78, 5) is 51.8. The first-order valence-electron chi connectivity index (χ1n) is 10.4. The Balaban J connectivity index is 1.83. The summed E-state index contributed by atoms with van der Waals surface area (Å²) in [5.41, 5.74) is 0.876. The number of morpholine rings is 1. The number of hydrogen-bond donors (Lipinski definition) is 4. The van der Waals surface area contributed by atoms with Gasteiger partial charge >= 0.3 is 0 Å². The first-order valence-corrected chi connectivity index (χ1v) is 10.4. The largest absolute Gasteiger partial charge is 0.361 e. The molecule has 3 rings (SSSR count). The summed E-state index contributed by atoms with van der Waals surface area (Å²) in [5, 5.41) is 11.2. The predicted molar refractivity (Wildman–Crippen MR) is 112 cm³/mol. The summed E-state index contributed by atoms with van der Waals surface area (Å²) in [6, 6.07) is 7.69. The molecule has 4 atom stereocenters. The van der Waals surface area contributed by atoms with Crippen molar-refractivity contribution in [2.45, 2.75) is 37.6 Å². The van der Waals surface area contributed by atoms with Crippen molar-refractivity contribution in [1.29, 1.82) is 0 Å². The van der Waals surface area contributed by atoms with Crippen LogP contribution in [0.1, 0.15) is 12.5 Å². The van der Waals surface area contributed by atoms with Gasteiger partial charge in [0.15, 0.2) is 0 Å². The molecular formula is C21H29N5O5. The van der Waals surface area contributed by atoms with E-state index in [2.05, 4.69) is 21.3 Å². The van der Waals surface area contributed by atoms with Gasteiger partial charge in [-0.15, -0.1) is 0 Å². The van der Waals surface area contributed by atoms with Gasteiger partial charge < -0.3 is 30.9 Å². The summed E-state index contributed by atoms with van der Waals surface area (Å²) in [6.45, 7) is 2.30. The molecule has 2 fully saturated rings. The molecule has 0 spiro atoms. The van der Waals surface area contributed by atoms with E-state index in [0.29, 0.717) is 13.1 Å². The highest BCUT2D eigenvalue weighted by Gasteiger charge is 2.33. The summed E-state index contributed by atoms with van der Waals surface area (Å²) < 4.78 is 5.84. The van der Waals surface area contributed by atoms with Crippen LogP contribution in [-0.4, -0.2) is 86.0 Å². The zero-order valence-electron chi connectivity index (χ0n) is 17.7. The number of benzene rings is 1. The minimum Gasteiger partial charge on any atom is -0.361 e. The maximum atomic E-state index is 13.1. The molecule has 0 unspecified atom stereocenters. The Labute approximate surface area is 181 Å². The second kappa shape index (κ2) is 10.4. The van der Waals surface area contributed by atoms with Gasteiger partial charge in [-0.05, 0) is 12.5 Å². The van der Waals surface area contributed by atoms with E-state index in [9.17, 15) is 19.2 Å². The van der Waals surface area contributed by atoms with Crippen LogP contribution in [-0.2, 0) is 30.3 Å². The van der Waals surface area contributed by atoms with Crippen molar-refractivity contribution in [3.05, 3.63) is 35.9 Å². The molecule has 2 aliphatic heterocycles. The van der Waals surface area contributed by atoms with Gasteiger partial charge in [0.25, 0.3) is 5.91 Å². The second-order valence-electron chi connectivity index (χ2n) is 7.88. The number of carbonyl (C=O) groups is 4. The smallest absolute Gasteiger partial charge is 0.251 e. The molecule has 10 nitrogen and oxygen atoms in total. The Morgan fingerprint density at radius 1 is 1.00 bits per heavy atom. The fourth-order valence-electron chi connectivity index (χ4n) is 3.57. The van der Waals surface area contributed by atoms with E-state index >= 15 is 0 Å². The first-order chi connectivity index (χ1) is 14.8. The lowest BCUT2D eigenvalue weighted by Gasteiger charge is -2.31. The van der Waals surface area contributed by atoms with Gasteiger partial charge in [0.1, 0.15) is 18.2 Å². The normalized spacial score (nSPS) is 28.6. The maximum absolute atomic E-state index is 13.1. The average Bonchev–Trinajstić information content (AvgIpc) is 2.76. The van der Waals surface area contributed by atoms with Crippen LogP contribution in [0.25, 0.3) is 0 Å². The third kappa shape index (κ3) is 6.25. The SMILES string of the molecule is C[C@H]1NC(=O)CN(C)C(=O)[C@@H](Cc2ccccc2)NC(=O)[C@H]2CNC[C@H](CNC1=O)O2. The number of nitrogens with zero attached hydrogens (tertiary/aromatic N) is 1. The number of amides is 4. The topological polar surface area (TPSA) is 129 Å². The molecule has 1 aromatic rings. The van der Waals surface area contributed by atoms with E-state index in [1.54, 1.807) is 6.92 Å². The lowest BCUT2D eigenvalue weighted by atomic mass is 10.0. The van der Waals surface area contributed by atoms with Gasteiger partial charge in [0, 0.05) is 33.1 Å². The second-order valence-corrected chi connectivity index (χ2v) is 7.88. The molecule has 0 saturated carbocycles. The number of nitrogens with one attached hydrogen (secondary N) is 4. The number of hydrogen-bond acceptors (Lipinski definition) is 6. The van der Waals surface area contributed by atoms with Crippen molar-refractivity contribution in [3.8, 4) is 0 Å². The van der Waals surface area contributed by atoms with E-state index in [0.717, 1.165) is 5.56 Å². The Kier molecular flexibility index (Phi) is 7.59. The molecule has 4 N–H and O–H groups in total. The fourth-order valence-corrected chi connectivity index (χ4v) is 3.57. The Morgan fingerprint density at radius 2 is 1.74 bits per heavy atom. The zero-order valence-corrected chi connectivity index (χ0v) is 17.7. The molecule has 1 aromatic carbocycles. The van der Waals surface area contributed by atoms with Crippen LogP contribution in [0, 0.1) is 0 Å². The lowest BCUT2D eigenvalue weighted by molar-refractivity contribution is -0.144. The van der Waals surface area contributed by atoms with Crippen molar-refractivity contribution in [1.82, 2.24) is 26.2 Å². The van der Waals surface area contributed by atoms with Gasteiger partial charge in [-0.2, -0.15) is 0 Å². The van der Waals surface area contributed by atoms with Gasteiger partial charge in [0.2, 0.25) is 17.7 Å². The van der Waals surface area contributed by atoms with Gasteiger partial charge in [-0.25, -0.2) is 0 Å². The van der Waals surface area contributed by atoms with E-state index in [1.807, 2.05) is 30.3 Å². The zero-order chi connectivity index (χ0) is 22.4. The van der Waals surface area contributed by atoms with Crippen LogP contribution < -0.4 is 21.3 Å². The highest BCUT2D eigenvalue weighted by Crippen LogP contribution is 2.09. The van der Waals surface area contributed by atoms with Gasteiger partial charge in [-0.1, -0.05) is 30.3 Å². The molecule has 168 valence electrons. The van der Waals surface area contributed by atoms with E-state index in [-0.39, 0.29) is 25.4 Å². The Hall–Kier alpha value is -2.98. The molecule has 0 aliphatic carbocycles. The molecule has 2 saturated heterocycles. The first kappa shape index (κ1) is 22.7. The van der Waals surface area contributed by atoms with Crippen molar-refractivity contribution < 1.29 is 23.9 Å². The number of fused-ring (bicyclic) bond motifs is 2. The number of likely N-dealkylation sites (N-methyl/N-ethyl adjacent to an activating group) is 1. The third-order valence-electron chi connectivity index (χ3n) is 5.28. The molecule has 10 heteroatoms. The summed E-state index contributed by atoms with van der Waals surface area (Å²) >= 11 is 0. The quantitative estimate of drug-likeness (QED) is 0.436. The highest BCUT2D eigenvalue weighted by molar-refractivity contribution is 5.93. The summed E-state index contributed by atoms with van der Waals surface area (Å²) in [6.07, 6.45) is -0.932. The number of ether oxygens (including phenoxy) is 1. The van der Waals surface area contributed by atoms with Crippen LogP contribution in [0.2, 0.25) is 0 Å². The van der Waals surface area contributed by atoms with Crippen LogP contribution >= 0.6 is 0 Å². The maximum Gasteiger partial charge on any atom is 0.251 e. The molecule has 2 aliphatic rings. The van der Waals surface area contributed by atoms with E-state index in [1.165, 1.54) is 11.9 Å². The number of carbonyl (C=O) groups excluding carboxylic acids is 4. The summed E-state index contributed by atoms with van der Waals surface area (Å²) in [5.74, 6) is -1.65. The predicted octanol–water partition coefficient (Wildman–Crippen LogP) is -1.84. The molecule has 0 radical (unpaired) electrons. The third-order valence-corrected chi connectivity index (χ3v) is 5.28. The molecular weight excluding hydrogens is 402 g/mol. The van der Waals surface area contributed by atoms with Crippen LogP contribution in [0.15, 0.2) is 30.3 Å². The van der Waals surface area contributed by atoms with Gasteiger partial charge in [-0.3, -0.25) is 19.2 Å². The molecule has 31 heavy (non-hydrogen) atoms. The van der Waals surface area contributed by atoms with Gasteiger partial charge in [0.05, 0.1) is 12.6 Å². The van der Waals surface area contributed by atoms with Crippen molar-refractivity contribution in [3.63, 3.8) is 0 Å². The van der Waals surface area contributed by atoms with Crippen molar-refractivity contribution >= 4 is 23.6 Å². The molecule has 4 amide bonds. The number of rotatable bonds is 2. The Bertz CT molecular complexity index is 818. The highest BCUT2D eigenvalue weighted by atomic mass is 16.5. The van der Waals surface area contributed by atoms with Crippen LogP contribution in [0.4, 0.5) is 0 Å². The average molecular weight is 431 g/mol. The molecule has 2 heterocycles. The molecule has 0 aromatic heterocycles. The van der Waals surface area contributed by atoms with Crippen LogP contribution in [0.3, 0.4) is 0 Å².